The number of benzene rings is 3. The van der Waals surface area contributed by atoms with Gasteiger partial charge in [0, 0.05) is 0 Å². The SMILES string of the molecule is Cc1ccc(S(=O)(=O)N(Cc2ccccc2)c2ccc(OCC3CO3)c(C#N)c2)cc1. The number of sulfonamides is 1. The van der Waals surface area contributed by atoms with Gasteiger partial charge in [-0.2, -0.15) is 5.26 Å². The number of rotatable bonds is 8. The van der Waals surface area contributed by atoms with Gasteiger partial charge in [0.05, 0.1) is 29.3 Å². The first-order chi connectivity index (χ1) is 15.0. The first kappa shape index (κ1) is 20.9. The Hall–Kier alpha value is -3.34. The number of anilines is 1. The summed E-state index contributed by atoms with van der Waals surface area (Å²) in [6.07, 6.45) is 0.0581. The van der Waals surface area contributed by atoms with Gasteiger partial charge in [-0.3, -0.25) is 4.31 Å². The van der Waals surface area contributed by atoms with Crippen LogP contribution in [0.25, 0.3) is 0 Å². The van der Waals surface area contributed by atoms with Crippen molar-refractivity contribution in [3.63, 3.8) is 0 Å². The summed E-state index contributed by atoms with van der Waals surface area (Å²) in [5.74, 6) is 0.411. The summed E-state index contributed by atoms with van der Waals surface area (Å²) >= 11 is 0. The highest BCUT2D eigenvalue weighted by molar-refractivity contribution is 7.92. The number of nitriles is 1. The van der Waals surface area contributed by atoms with Gasteiger partial charge in [-0.15, -0.1) is 0 Å². The second-order valence-electron chi connectivity index (χ2n) is 7.37. The monoisotopic (exact) mass is 434 g/mol. The first-order valence-corrected chi connectivity index (χ1v) is 11.3. The Bertz CT molecular complexity index is 1200. The van der Waals surface area contributed by atoms with Gasteiger partial charge < -0.3 is 9.47 Å². The summed E-state index contributed by atoms with van der Waals surface area (Å²) in [4.78, 5) is 0.193. The summed E-state index contributed by atoms with van der Waals surface area (Å²) in [6, 6.07) is 23.1. The van der Waals surface area contributed by atoms with E-state index in [0.29, 0.717) is 24.7 Å². The Morgan fingerprint density at radius 3 is 2.45 bits per heavy atom. The van der Waals surface area contributed by atoms with E-state index >= 15 is 0 Å². The molecular formula is C24H22N2O4S. The van der Waals surface area contributed by atoms with Crippen molar-refractivity contribution in [2.75, 3.05) is 17.5 Å². The predicted molar refractivity (Wildman–Crippen MR) is 117 cm³/mol. The normalized spacial score (nSPS) is 15.2. The maximum Gasteiger partial charge on any atom is 0.264 e. The molecule has 1 fully saturated rings. The van der Waals surface area contributed by atoms with E-state index in [0.717, 1.165) is 11.1 Å². The van der Waals surface area contributed by atoms with Crippen LogP contribution >= 0.6 is 0 Å². The zero-order valence-electron chi connectivity index (χ0n) is 17.1. The predicted octanol–water partition coefficient (Wildman–Crippen LogP) is 4.04. The molecule has 1 heterocycles. The van der Waals surface area contributed by atoms with Gasteiger partial charge in [0.2, 0.25) is 0 Å². The third-order valence-electron chi connectivity index (χ3n) is 4.98. The largest absolute Gasteiger partial charge is 0.489 e. The van der Waals surface area contributed by atoms with Crippen LogP contribution in [0.5, 0.6) is 5.75 Å². The average Bonchev–Trinajstić information content (AvgIpc) is 3.61. The van der Waals surface area contributed by atoms with Crippen molar-refractivity contribution in [3.8, 4) is 11.8 Å². The topological polar surface area (TPSA) is 82.9 Å². The molecule has 0 aliphatic carbocycles. The molecule has 0 saturated carbocycles. The van der Waals surface area contributed by atoms with E-state index in [1.54, 1.807) is 42.5 Å². The smallest absolute Gasteiger partial charge is 0.264 e. The molecule has 3 aromatic rings. The minimum Gasteiger partial charge on any atom is -0.489 e. The van der Waals surface area contributed by atoms with E-state index in [1.165, 1.54) is 4.31 Å². The van der Waals surface area contributed by atoms with Gasteiger partial charge in [-0.05, 0) is 42.8 Å². The van der Waals surface area contributed by atoms with Gasteiger partial charge >= 0.3 is 0 Å². The molecule has 31 heavy (non-hydrogen) atoms. The number of hydrogen-bond acceptors (Lipinski definition) is 5. The number of hydrogen-bond donors (Lipinski definition) is 0. The van der Waals surface area contributed by atoms with Gasteiger partial charge in [0.25, 0.3) is 10.0 Å². The van der Waals surface area contributed by atoms with E-state index in [2.05, 4.69) is 6.07 Å². The molecule has 6 nitrogen and oxygen atoms in total. The summed E-state index contributed by atoms with van der Waals surface area (Å²) in [7, 11) is -3.86. The Balaban J connectivity index is 1.73. The van der Waals surface area contributed by atoms with E-state index in [-0.39, 0.29) is 23.1 Å². The Kier molecular flexibility index (Phi) is 5.94. The van der Waals surface area contributed by atoms with Crippen molar-refractivity contribution < 1.29 is 17.9 Å². The van der Waals surface area contributed by atoms with E-state index in [1.807, 2.05) is 37.3 Å². The molecule has 0 aromatic heterocycles. The molecule has 4 rings (SSSR count). The second kappa shape index (κ2) is 8.80. The molecule has 1 aliphatic rings. The summed E-state index contributed by atoms with van der Waals surface area (Å²) in [5.41, 5.74) is 2.48. The molecular weight excluding hydrogens is 412 g/mol. The molecule has 1 atom stereocenters. The highest BCUT2D eigenvalue weighted by Crippen LogP contribution is 2.31. The lowest BCUT2D eigenvalue weighted by molar-refractivity contribution is 0.262. The number of nitrogens with zero attached hydrogens (tertiary/aromatic N) is 2. The van der Waals surface area contributed by atoms with E-state index < -0.39 is 10.0 Å². The van der Waals surface area contributed by atoms with Crippen LogP contribution in [-0.4, -0.2) is 27.7 Å². The van der Waals surface area contributed by atoms with Crippen LogP contribution in [0.3, 0.4) is 0 Å². The van der Waals surface area contributed by atoms with Gasteiger partial charge in [-0.1, -0.05) is 48.0 Å². The summed E-state index contributed by atoms with van der Waals surface area (Å²) in [5, 5.41) is 9.62. The van der Waals surface area contributed by atoms with Crippen LogP contribution < -0.4 is 9.04 Å². The van der Waals surface area contributed by atoms with Gasteiger partial charge in [0.15, 0.2) is 0 Å². The second-order valence-corrected chi connectivity index (χ2v) is 9.23. The molecule has 0 spiro atoms. The zero-order chi connectivity index (χ0) is 21.8. The Morgan fingerprint density at radius 2 is 1.81 bits per heavy atom. The minimum absolute atomic E-state index is 0.0581. The first-order valence-electron chi connectivity index (χ1n) is 9.89. The molecule has 0 N–H and O–H groups in total. The zero-order valence-corrected chi connectivity index (χ0v) is 17.9. The third-order valence-corrected chi connectivity index (χ3v) is 6.76. The van der Waals surface area contributed by atoms with Crippen molar-refractivity contribution in [1.29, 1.82) is 5.26 Å². The van der Waals surface area contributed by atoms with Crippen LogP contribution in [0, 0.1) is 18.3 Å². The Morgan fingerprint density at radius 1 is 1.10 bits per heavy atom. The lowest BCUT2D eigenvalue weighted by atomic mass is 10.1. The Labute approximate surface area is 182 Å². The maximum atomic E-state index is 13.6. The van der Waals surface area contributed by atoms with Crippen molar-refractivity contribution >= 4 is 15.7 Å². The molecule has 0 radical (unpaired) electrons. The third kappa shape index (κ3) is 4.88. The van der Waals surface area contributed by atoms with Gasteiger partial charge in [-0.25, -0.2) is 8.42 Å². The molecule has 0 bridgehead atoms. The van der Waals surface area contributed by atoms with Crippen LogP contribution in [0.1, 0.15) is 16.7 Å². The summed E-state index contributed by atoms with van der Waals surface area (Å²) in [6.45, 7) is 3.06. The summed E-state index contributed by atoms with van der Waals surface area (Å²) < 4.78 is 39.2. The average molecular weight is 435 g/mol. The fourth-order valence-electron chi connectivity index (χ4n) is 3.14. The molecule has 1 saturated heterocycles. The lowest BCUT2D eigenvalue weighted by Crippen LogP contribution is -2.30. The molecule has 1 aliphatic heterocycles. The van der Waals surface area contributed by atoms with Crippen molar-refractivity contribution in [2.24, 2.45) is 0 Å². The van der Waals surface area contributed by atoms with Crippen LogP contribution in [0.15, 0.2) is 77.7 Å². The molecule has 1 unspecified atom stereocenters. The fraction of sp³-hybridized carbons (Fsp3) is 0.208. The molecule has 7 heteroatoms. The molecule has 3 aromatic carbocycles. The van der Waals surface area contributed by atoms with Crippen molar-refractivity contribution in [2.45, 2.75) is 24.5 Å². The lowest BCUT2D eigenvalue weighted by Gasteiger charge is -2.25. The van der Waals surface area contributed by atoms with Crippen LogP contribution in [0.2, 0.25) is 0 Å². The van der Waals surface area contributed by atoms with E-state index in [9.17, 15) is 13.7 Å². The molecule has 158 valence electrons. The minimum atomic E-state index is -3.86. The van der Waals surface area contributed by atoms with Crippen molar-refractivity contribution in [1.82, 2.24) is 0 Å². The number of epoxide rings is 1. The highest BCUT2D eigenvalue weighted by atomic mass is 32.2. The van der Waals surface area contributed by atoms with E-state index in [4.69, 9.17) is 9.47 Å². The quantitative estimate of drug-likeness (QED) is 0.500. The maximum absolute atomic E-state index is 13.6. The number of ether oxygens (including phenoxy) is 2. The van der Waals surface area contributed by atoms with Crippen LogP contribution in [0.4, 0.5) is 5.69 Å². The standard InChI is InChI=1S/C24H22N2O4S/c1-18-7-10-23(11-8-18)31(27,28)26(15-19-5-3-2-4-6-19)21-9-12-24(20(13-21)14-25)30-17-22-16-29-22/h2-13,22H,15-17H2,1H3. The van der Waals surface area contributed by atoms with Gasteiger partial charge in [0.1, 0.15) is 24.5 Å². The molecule has 0 amide bonds. The van der Waals surface area contributed by atoms with Crippen molar-refractivity contribution in [3.05, 3.63) is 89.5 Å². The van der Waals surface area contributed by atoms with Crippen LogP contribution in [-0.2, 0) is 21.3 Å². The highest BCUT2D eigenvalue weighted by Gasteiger charge is 2.27. The number of aryl methyl sites for hydroxylation is 1. The fourth-order valence-corrected chi connectivity index (χ4v) is 4.58.